The highest BCUT2D eigenvalue weighted by Crippen LogP contribution is 2.35. The molecule has 1 N–H and O–H groups in total. The van der Waals surface area contributed by atoms with Crippen LogP contribution in [-0.2, 0) is 4.79 Å². The molecule has 9 heteroatoms. The normalized spacial score (nSPS) is 14.1. The Morgan fingerprint density at radius 2 is 1.61 bits per heavy atom. The molecule has 0 bridgehead atoms. The van der Waals surface area contributed by atoms with Crippen molar-refractivity contribution in [3.63, 3.8) is 0 Å². The molecular weight excluding hydrogens is 476 g/mol. The second kappa shape index (κ2) is 12.7. The summed E-state index contributed by atoms with van der Waals surface area (Å²) >= 11 is 1.39. The van der Waals surface area contributed by atoms with Gasteiger partial charge < -0.3 is 14.2 Å². The molecule has 1 saturated carbocycles. The third-order valence-electron chi connectivity index (χ3n) is 5.85. The van der Waals surface area contributed by atoms with Crippen LogP contribution in [0.5, 0.6) is 17.2 Å². The van der Waals surface area contributed by atoms with E-state index in [0.29, 0.717) is 35.6 Å². The molecule has 1 aromatic heterocycles. The van der Waals surface area contributed by atoms with Crippen molar-refractivity contribution in [3.8, 4) is 23.3 Å². The summed E-state index contributed by atoms with van der Waals surface area (Å²) in [6.45, 7) is 0.762. The van der Waals surface area contributed by atoms with Crippen molar-refractivity contribution in [1.82, 2.24) is 10.2 Å². The van der Waals surface area contributed by atoms with Crippen LogP contribution in [0, 0.1) is 11.3 Å². The van der Waals surface area contributed by atoms with Crippen LogP contribution in [0.15, 0.2) is 54.1 Å². The van der Waals surface area contributed by atoms with Crippen molar-refractivity contribution in [2.75, 3.05) is 25.6 Å². The number of nitriles is 1. The number of anilines is 1. The topological polar surface area (TPSA) is 106 Å². The molecule has 0 aliphatic heterocycles. The molecule has 0 unspecified atom stereocenters. The Morgan fingerprint density at radius 3 is 2.22 bits per heavy atom. The number of rotatable bonds is 10. The number of ether oxygens (including phenoxy) is 3. The lowest BCUT2D eigenvalue weighted by molar-refractivity contribution is -0.112. The van der Waals surface area contributed by atoms with Crippen molar-refractivity contribution in [3.05, 3.63) is 64.7 Å². The van der Waals surface area contributed by atoms with Crippen LogP contribution < -0.4 is 19.5 Å². The first-order valence-electron chi connectivity index (χ1n) is 11.9. The summed E-state index contributed by atoms with van der Waals surface area (Å²) in [5.74, 6) is 2.09. The Labute approximate surface area is 214 Å². The van der Waals surface area contributed by atoms with E-state index in [4.69, 9.17) is 14.2 Å². The van der Waals surface area contributed by atoms with E-state index >= 15 is 0 Å². The van der Waals surface area contributed by atoms with Crippen molar-refractivity contribution < 1.29 is 19.0 Å². The zero-order valence-corrected chi connectivity index (χ0v) is 20.9. The lowest BCUT2D eigenvalue weighted by Crippen LogP contribution is -2.13. The highest BCUT2D eigenvalue weighted by atomic mass is 32.1. The summed E-state index contributed by atoms with van der Waals surface area (Å²) in [5, 5.41) is 21.9. The second-order valence-electron chi connectivity index (χ2n) is 8.35. The van der Waals surface area contributed by atoms with Gasteiger partial charge in [0.2, 0.25) is 5.13 Å². The SMILES string of the molecule is COc1ccc(OCCOc2ccc(C=C(C#N)C(=O)Nc3nnc(C4CCCCC4)s3)cc2)cc1. The number of methoxy groups -OCH3 is 1. The quantitative estimate of drug-likeness (QED) is 0.218. The molecule has 2 aromatic carbocycles. The third-order valence-corrected chi connectivity index (χ3v) is 6.85. The van der Waals surface area contributed by atoms with E-state index in [1.54, 1.807) is 31.4 Å². The van der Waals surface area contributed by atoms with E-state index in [-0.39, 0.29) is 5.57 Å². The Kier molecular flexibility index (Phi) is 8.89. The number of aromatic nitrogens is 2. The van der Waals surface area contributed by atoms with Crippen LogP contribution in [0.3, 0.4) is 0 Å². The number of carbonyl (C=O) groups excluding carboxylic acids is 1. The average Bonchev–Trinajstić information content (AvgIpc) is 3.39. The van der Waals surface area contributed by atoms with Crippen LogP contribution >= 0.6 is 11.3 Å². The molecule has 0 saturated heterocycles. The Morgan fingerprint density at radius 1 is 1.00 bits per heavy atom. The third kappa shape index (κ3) is 7.06. The molecular formula is C27H28N4O4S. The van der Waals surface area contributed by atoms with E-state index in [1.807, 2.05) is 30.3 Å². The van der Waals surface area contributed by atoms with Gasteiger partial charge in [0.05, 0.1) is 7.11 Å². The molecule has 1 heterocycles. The molecule has 1 aliphatic rings. The molecule has 0 atom stereocenters. The minimum Gasteiger partial charge on any atom is -0.497 e. The summed E-state index contributed by atoms with van der Waals surface area (Å²) in [7, 11) is 1.62. The van der Waals surface area contributed by atoms with Crippen LogP contribution in [0.1, 0.15) is 48.6 Å². The summed E-state index contributed by atoms with van der Waals surface area (Å²) in [6, 6.07) is 16.5. The molecule has 1 aliphatic carbocycles. The predicted molar refractivity (Wildman–Crippen MR) is 138 cm³/mol. The molecule has 4 rings (SSSR count). The Balaban J connectivity index is 1.26. The van der Waals surface area contributed by atoms with E-state index in [0.717, 1.165) is 29.3 Å². The van der Waals surface area contributed by atoms with Crippen LogP contribution in [0.4, 0.5) is 5.13 Å². The average molecular weight is 505 g/mol. The highest BCUT2D eigenvalue weighted by molar-refractivity contribution is 7.15. The molecule has 36 heavy (non-hydrogen) atoms. The number of nitrogens with one attached hydrogen (secondary N) is 1. The van der Waals surface area contributed by atoms with Gasteiger partial charge >= 0.3 is 0 Å². The summed E-state index contributed by atoms with van der Waals surface area (Å²) in [4.78, 5) is 12.6. The van der Waals surface area contributed by atoms with Crippen molar-refractivity contribution in [1.29, 1.82) is 5.26 Å². The fourth-order valence-corrected chi connectivity index (χ4v) is 4.84. The molecule has 0 spiro atoms. The van der Waals surface area contributed by atoms with Gasteiger partial charge in [-0.3, -0.25) is 10.1 Å². The minimum atomic E-state index is -0.500. The van der Waals surface area contributed by atoms with Gasteiger partial charge in [-0.1, -0.05) is 42.7 Å². The standard InChI is InChI=1S/C27H28N4O4S/c1-33-22-11-13-24(14-12-22)35-16-15-34-23-9-7-19(8-10-23)17-21(18-28)25(32)29-27-31-30-26(36-27)20-5-3-2-4-6-20/h7-14,17,20H,2-6,15-16H2,1H3,(H,29,31,32). The maximum absolute atomic E-state index is 12.6. The smallest absolute Gasteiger partial charge is 0.268 e. The van der Waals surface area contributed by atoms with Crippen LogP contribution in [0.2, 0.25) is 0 Å². The van der Waals surface area contributed by atoms with Gasteiger partial charge in [0, 0.05) is 5.92 Å². The number of carbonyl (C=O) groups is 1. The van der Waals surface area contributed by atoms with Gasteiger partial charge in [-0.05, 0) is 60.9 Å². The Hall–Kier alpha value is -3.90. The second-order valence-corrected chi connectivity index (χ2v) is 9.35. The number of hydrogen-bond acceptors (Lipinski definition) is 8. The van der Waals surface area contributed by atoms with Crippen molar-refractivity contribution in [2.45, 2.75) is 38.0 Å². The monoisotopic (exact) mass is 504 g/mol. The first kappa shape index (κ1) is 25.2. The van der Waals surface area contributed by atoms with Crippen LogP contribution in [0.25, 0.3) is 6.08 Å². The number of nitrogens with zero attached hydrogens (tertiary/aromatic N) is 3. The van der Waals surface area contributed by atoms with Crippen molar-refractivity contribution >= 4 is 28.5 Å². The van der Waals surface area contributed by atoms with Crippen molar-refractivity contribution in [2.24, 2.45) is 0 Å². The van der Waals surface area contributed by atoms with Gasteiger partial charge in [0.1, 0.15) is 47.1 Å². The lowest BCUT2D eigenvalue weighted by Gasteiger charge is -2.18. The maximum atomic E-state index is 12.6. The van der Waals surface area contributed by atoms with E-state index in [2.05, 4.69) is 15.5 Å². The molecule has 186 valence electrons. The zero-order valence-electron chi connectivity index (χ0n) is 20.1. The first-order valence-corrected chi connectivity index (χ1v) is 12.7. The Bertz CT molecular complexity index is 1210. The first-order chi connectivity index (χ1) is 17.6. The van der Waals surface area contributed by atoms with Gasteiger partial charge in [0.25, 0.3) is 5.91 Å². The molecule has 3 aromatic rings. The minimum absolute atomic E-state index is 0.00836. The fourth-order valence-electron chi connectivity index (χ4n) is 3.93. The lowest BCUT2D eigenvalue weighted by atomic mass is 9.90. The zero-order chi connectivity index (χ0) is 25.2. The van der Waals surface area contributed by atoms with E-state index in [1.165, 1.54) is 36.7 Å². The largest absolute Gasteiger partial charge is 0.497 e. The van der Waals surface area contributed by atoms with Crippen LogP contribution in [-0.4, -0.2) is 36.4 Å². The molecule has 0 radical (unpaired) electrons. The molecule has 8 nitrogen and oxygen atoms in total. The molecule has 1 amide bonds. The van der Waals surface area contributed by atoms with Gasteiger partial charge in [-0.2, -0.15) is 5.26 Å². The van der Waals surface area contributed by atoms with Gasteiger partial charge in [-0.15, -0.1) is 10.2 Å². The number of amides is 1. The predicted octanol–water partition coefficient (Wildman–Crippen LogP) is 5.60. The summed E-state index contributed by atoms with van der Waals surface area (Å²) < 4.78 is 16.5. The number of hydrogen-bond donors (Lipinski definition) is 1. The molecule has 1 fully saturated rings. The maximum Gasteiger partial charge on any atom is 0.268 e. The summed E-state index contributed by atoms with van der Waals surface area (Å²) in [6.07, 6.45) is 7.43. The highest BCUT2D eigenvalue weighted by Gasteiger charge is 2.20. The fraction of sp³-hybridized carbons (Fsp3) is 0.333. The van der Waals surface area contributed by atoms with Gasteiger partial charge in [0.15, 0.2) is 0 Å². The summed E-state index contributed by atoms with van der Waals surface area (Å²) in [5.41, 5.74) is 0.703. The van der Waals surface area contributed by atoms with Gasteiger partial charge in [-0.25, -0.2) is 0 Å². The number of benzene rings is 2. The van der Waals surface area contributed by atoms with E-state index < -0.39 is 5.91 Å². The van der Waals surface area contributed by atoms with E-state index in [9.17, 15) is 10.1 Å².